The molecule has 0 aliphatic carbocycles. The average molecular weight is 330 g/mol. The molecule has 0 aliphatic rings. The van der Waals surface area contributed by atoms with Crippen molar-refractivity contribution < 1.29 is 33.6 Å². The fraction of sp³-hybridized carbons (Fsp3) is 0.625. The lowest BCUT2D eigenvalue weighted by Crippen LogP contribution is -2.43. The highest BCUT2D eigenvalue weighted by atomic mass is 16.7. The molecule has 7 heteroatoms. The smallest absolute Gasteiger partial charge is 0.330 e. The average Bonchev–Trinajstić information content (AvgIpc) is 2.55. The Morgan fingerprint density at radius 3 is 2.35 bits per heavy atom. The largest absolute Gasteiger partial charge is 0.459 e. The zero-order chi connectivity index (χ0) is 17.7. The summed E-state index contributed by atoms with van der Waals surface area (Å²) in [6.45, 7) is 10.7. The highest BCUT2D eigenvalue weighted by Gasteiger charge is 2.34. The molecule has 0 aliphatic heterocycles. The van der Waals surface area contributed by atoms with Gasteiger partial charge >= 0.3 is 11.9 Å². The van der Waals surface area contributed by atoms with Crippen molar-refractivity contribution >= 4 is 11.9 Å². The first-order valence-corrected chi connectivity index (χ1v) is 7.47. The van der Waals surface area contributed by atoms with Gasteiger partial charge in [0.1, 0.15) is 12.7 Å². The third-order valence-electron chi connectivity index (χ3n) is 2.86. The van der Waals surface area contributed by atoms with Crippen LogP contribution >= 0.6 is 0 Å². The second kappa shape index (κ2) is 11.8. The minimum atomic E-state index is -1.79. The van der Waals surface area contributed by atoms with Crippen molar-refractivity contribution in [3.8, 4) is 0 Å². The van der Waals surface area contributed by atoms with Gasteiger partial charge in [0.15, 0.2) is 0 Å². The Morgan fingerprint density at radius 2 is 1.83 bits per heavy atom. The van der Waals surface area contributed by atoms with Gasteiger partial charge in [0, 0.05) is 25.2 Å². The first-order valence-electron chi connectivity index (χ1n) is 7.47. The van der Waals surface area contributed by atoms with Crippen molar-refractivity contribution in [3.05, 3.63) is 25.3 Å². The van der Waals surface area contributed by atoms with Gasteiger partial charge in [-0.2, -0.15) is 0 Å². The van der Waals surface area contributed by atoms with E-state index in [1.54, 1.807) is 6.92 Å². The molecule has 0 saturated carbocycles. The van der Waals surface area contributed by atoms with Crippen LogP contribution in [0.2, 0.25) is 0 Å². The van der Waals surface area contributed by atoms with Crippen LogP contribution in [0.25, 0.3) is 0 Å². The predicted molar refractivity (Wildman–Crippen MR) is 83.5 cm³/mol. The number of esters is 2. The second-order valence-electron chi connectivity index (χ2n) is 4.68. The third-order valence-corrected chi connectivity index (χ3v) is 2.86. The van der Waals surface area contributed by atoms with Crippen LogP contribution in [-0.2, 0) is 28.5 Å². The summed E-state index contributed by atoms with van der Waals surface area (Å²) >= 11 is 0. The maximum atomic E-state index is 11.3. The van der Waals surface area contributed by atoms with Crippen LogP contribution in [0.5, 0.6) is 0 Å². The van der Waals surface area contributed by atoms with E-state index >= 15 is 0 Å². The van der Waals surface area contributed by atoms with Gasteiger partial charge in [-0.15, -0.1) is 0 Å². The summed E-state index contributed by atoms with van der Waals surface area (Å²) < 4.78 is 20.5. The van der Waals surface area contributed by atoms with Crippen molar-refractivity contribution in [1.82, 2.24) is 0 Å². The monoisotopic (exact) mass is 330 g/mol. The molecule has 2 unspecified atom stereocenters. The number of hydrogen-bond acceptors (Lipinski definition) is 7. The second-order valence-corrected chi connectivity index (χ2v) is 4.68. The van der Waals surface area contributed by atoms with Crippen LogP contribution in [0.1, 0.15) is 26.7 Å². The number of carbonyl (C=O) groups excluding carboxylic acids is 2. The molecule has 0 radical (unpaired) electrons. The Bertz CT molecular complexity index is 394. The van der Waals surface area contributed by atoms with Gasteiger partial charge in [-0.1, -0.05) is 20.1 Å². The van der Waals surface area contributed by atoms with Gasteiger partial charge in [-0.05, 0) is 13.3 Å². The highest BCUT2D eigenvalue weighted by Crippen LogP contribution is 2.20. The number of rotatable bonds is 13. The summed E-state index contributed by atoms with van der Waals surface area (Å²) in [4.78, 5) is 22.5. The van der Waals surface area contributed by atoms with E-state index in [1.807, 2.05) is 6.92 Å². The number of aliphatic hydroxyl groups is 1. The molecule has 0 bridgehead atoms. The molecule has 0 spiro atoms. The summed E-state index contributed by atoms with van der Waals surface area (Å²) in [5.74, 6) is -3.08. The van der Waals surface area contributed by atoms with E-state index in [0.29, 0.717) is 13.0 Å². The molecule has 0 aromatic rings. The quantitative estimate of drug-likeness (QED) is 0.236. The standard InChI is InChI=1S/C16H26O7/c1-5-13(23-15(18)7-3)11-16(19,12-21-14(17)6-2)22-10-9-20-8-4/h6-7,13,19H,2-3,5,8-12H2,1,4H3. The lowest BCUT2D eigenvalue weighted by molar-refractivity contribution is -0.248. The van der Waals surface area contributed by atoms with Crippen molar-refractivity contribution in [2.24, 2.45) is 0 Å². The van der Waals surface area contributed by atoms with E-state index < -0.39 is 30.4 Å². The lowest BCUT2D eigenvalue weighted by Gasteiger charge is -2.30. The zero-order valence-electron chi connectivity index (χ0n) is 13.8. The van der Waals surface area contributed by atoms with Crippen molar-refractivity contribution in [2.45, 2.75) is 38.6 Å². The highest BCUT2D eigenvalue weighted by molar-refractivity contribution is 5.81. The summed E-state index contributed by atoms with van der Waals surface area (Å²) in [7, 11) is 0. The Hall–Kier alpha value is -1.70. The van der Waals surface area contributed by atoms with Crippen molar-refractivity contribution in [1.29, 1.82) is 0 Å². The summed E-state index contributed by atoms with van der Waals surface area (Å²) in [6.07, 6.45) is 1.80. The molecule has 0 fully saturated rings. The molecule has 23 heavy (non-hydrogen) atoms. The molecule has 2 atom stereocenters. The summed E-state index contributed by atoms with van der Waals surface area (Å²) in [5, 5.41) is 10.5. The van der Waals surface area contributed by atoms with Crippen LogP contribution in [0.15, 0.2) is 25.3 Å². The Morgan fingerprint density at radius 1 is 1.17 bits per heavy atom. The maximum Gasteiger partial charge on any atom is 0.330 e. The molecular weight excluding hydrogens is 304 g/mol. The van der Waals surface area contributed by atoms with Gasteiger partial charge in [-0.25, -0.2) is 9.59 Å². The van der Waals surface area contributed by atoms with E-state index in [4.69, 9.17) is 18.9 Å². The Balaban J connectivity index is 4.76. The molecular formula is C16H26O7. The molecule has 7 nitrogen and oxygen atoms in total. The molecule has 0 saturated heterocycles. The fourth-order valence-corrected chi connectivity index (χ4v) is 1.67. The van der Waals surface area contributed by atoms with E-state index in [9.17, 15) is 14.7 Å². The molecule has 0 aromatic carbocycles. The topological polar surface area (TPSA) is 91.3 Å². The number of carbonyl (C=O) groups is 2. The molecule has 0 amide bonds. The fourth-order valence-electron chi connectivity index (χ4n) is 1.67. The van der Waals surface area contributed by atoms with E-state index in [2.05, 4.69) is 13.2 Å². The molecule has 132 valence electrons. The van der Waals surface area contributed by atoms with E-state index in [1.165, 1.54) is 0 Å². The SMILES string of the molecule is C=CC(=O)OCC(O)(CC(CC)OC(=O)C=C)OCCOCC. The van der Waals surface area contributed by atoms with Gasteiger partial charge in [0.25, 0.3) is 0 Å². The van der Waals surface area contributed by atoms with Crippen molar-refractivity contribution in [3.63, 3.8) is 0 Å². The summed E-state index contributed by atoms with van der Waals surface area (Å²) in [5.41, 5.74) is 0. The minimum Gasteiger partial charge on any atom is -0.459 e. The number of hydrogen-bond donors (Lipinski definition) is 1. The van der Waals surface area contributed by atoms with Crippen LogP contribution in [0.4, 0.5) is 0 Å². The number of ether oxygens (including phenoxy) is 4. The minimum absolute atomic E-state index is 0.0559. The van der Waals surface area contributed by atoms with Crippen LogP contribution in [0, 0.1) is 0 Å². The Kier molecular flexibility index (Phi) is 10.9. The van der Waals surface area contributed by atoms with Gasteiger partial charge in [0.05, 0.1) is 13.2 Å². The van der Waals surface area contributed by atoms with Crippen LogP contribution in [-0.4, -0.2) is 55.4 Å². The normalized spacial score (nSPS) is 14.4. The predicted octanol–water partition coefficient (Wildman–Crippen LogP) is 1.36. The van der Waals surface area contributed by atoms with Crippen LogP contribution in [0.3, 0.4) is 0 Å². The van der Waals surface area contributed by atoms with Gasteiger partial charge < -0.3 is 24.1 Å². The van der Waals surface area contributed by atoms with Crippen LogP contribution < -0.4 is 0 Å². The molecule has 1 N–H and O–H groups in total. The zero-order valence-corrected chi connectivity index (χ0v) is 13.8. The first kappa shape index (κ1) is 21.3. The summed E-state index contributed by atoms with van der Waals surface area (Å²) in [6, 6.07) is 0. The lowest BCUT2D eigenvalue weighted by atomic mass is 10.1. The molecule has 0 rings (SSSR count). The molecule has 0 heterocycles. The van der Waals surface area contributed by atoms with E-state index in [0.717, 1.165) is 12.2 Å². The molecule has 0 aromatic heterocycles. The van der Waals surface area contributed by atoms with Gasteiger partial charge in [-0.3, -0.25) is 0 Å². The maximum absolute atomic E-state index is 11.3. The third kappa shape index (κ3) is 9.83. The Labute approximate surface area is 136 Å². The van der Waals surface area contributed by atoms with Crippen molar-refractivity contribution in [2.75, 3.05) is 26.4 Å². The first-order chi connectivity index (χ1) is 10.9. The van der Waals surface area contributed by atoms with E-state index in [-0.39, 0.29) is 19.6 Å². The van der Waals surface area contributed by atoms with Gasteiger partial charge in [0.2, 0.25) is 5.79 Å².